The van der Waals surface area contributed by atoms with Crippen LogP contribution in [0.15, 0.2) is 18.3 Å². The molecule has 0 aromatic carbocycles. The largest absolute Gasteiger partial charge is 0.481 e. The van der Waals surface area contributed by atoms with E-state index in [4.69, 9.17) is 15.6 Å². The number of nitrogens with zero attached hydrogens (tertiary/aromatic N) is 3. The first-order valence-electron chi connectivity index (χ1n) is 9.33. The average Bonchev–Trinajstić information content (AvgIpc) is 2.63. The number of carboxylic acid groups (broad SMARTS) is 1. The molecule has 0 saturated heterocycles. The number of aromatic nitrogens is 3. The van der Waals surface area contributed by atoms with Crippen molar-refractivity contribution in [1.82, 2.24) is 15.0 Å². The van der Waals surface area contributed by atoms with Crippen molar-refractivity contribution in [3.8, 4) is 17.1 Å². The normalized spacial score (nSPS) is 19.2. The van der Waals surface area contributed by atoms with Gasteiger partial charge in [-0.05, 0) is 51.5 Å². The zero-order valence-corrected chi connectivity index (χ0v) is 16.0. The van der Waals surface area contributed by atoms with Crippen molar-refractivity contribution in [2.75, 3.05) is 0 Å². The minimum absolute atomic E-state index is 0.0470. The summed E-state index contributed by atoms with van der Waals surface area (Å²) in [5.41, 5.74) is 8.00. The molecule has 1 fully saturated rings. The molecule has 1 aliphatic carbocycles. The fourth-order valence-corrected chi connectivity index (χ4v) is 3.60. The molecule has 2 aromatic heterocycles. The molecule has 148 valence electrons. The number of carbonyl (C=O) groups is 2. The van der Waals surface area contributed by atoms with Crippen LogP contribution in [0.4, 0.5) is 0 Å². The number of primary amides is 1. The lowest BCUT2D eigenvalue weighted by atomic mass is 9.85. The maximum Gasteiger partial charge on any atom is 0.303 e. The lowest BCUT2D eigenvalue weighted by Gasteiger charge is -2.27. The predicted molar refractivity (Wildman–Crippen MR) is 102 cm³/mol. The van der Waals surface area contributed by atoms with Gasteiger partial charge in [0.1, 0.15) is 11.8 Å². The van der Waals surface area contributed by atoms with Crippen molar-refractivity contribution in [1.29, 1.82) is 0 Å². The van der Waals surface area contributed by atoms with E-state index in [1.807, 2.05) is 13.0 Å². The molecule has 2 heterocycles. The molecule has 28 heavy (non-hydrogen) atoms. The highest BCUT2D eigenvalue weighted by Gasteiger charge is 2.24. The van der Waals surface area contributed by atoms with Crippen LogP contribution in [0.25, 0.3) is 11.3 Å². The van der Waals surface area contributed by atoms with Crippen LogP contribution in [-0.4, -0.2) is 38.0 Å². The highest BCUT2D eigenvalue weighted by Crippen LogP contribution is 2.30. The van der Waals surface area contributed by atoms with Gasteiger partial charge in [0.15, 0.2) is 0 Å². The first-order chi connectivity index (χ1) is 13.3. The monoisotopic (exact) mass is 384 g/mol. The lowest BCUT2D eigenvalue weighted by Crippen LogP contribution is -2.25. The van der Waals surface area contributed by atoms with Crippen LogP contribution in [0, 0.1) is 19.8 Å². The lowest BCUT2D eigenvalue weighted by molar-refractivity contribution is -0.138. The van der Waals surface area contributed by atoms with E-state index in [0.717, 1.165) is 31.2 Å². The smallest absolute Gasteiger partial charge is 0.303 e. The van der Waals surface area contributed by atoms with Gasteiger partial charge in [0, 0.05) is 24.2 Å². The van der Waals surface area contributed by atoms with E-state index in [1.165, 1.54) is 0 Å². The molecule has 8 nitrogen and oxygen atoms in total. The Labute approximate surface area is 163 Å². The van der Waals surface area contributed by atoms with Gasteiger partial charge in [-0.15, -0.1) is 0 Å². The molecular weight excluding hydrogens is 360 g/mol. The van der Waals surface area contributed by atoms with Crippen molar-refractivity contribution in [2.24, 2.45) is 11.7 Å². The Bertz CT molecular complexity index is 875. The van der Waals surface area contributed by atoms with E-state index in [0.29, 0.717) is 23.0 Å². The first kappa shape index (κ1) is 19.7. The summed E-state index contributed by atoms with van der Waals surface area (Å²) in [6, 6.07) is 3.60. The molecule has 1 saturated carbocycles. The number of carbonyl (C=O) groups excluding carboxylic acids is 1. The number of ether oxygens (including phenoxy) is 1. The summed E-state index contributed by atoms with van der Waals surface area (Å²) in [7, 11) is 0. The molecule has 0 bridgehead atoms. The summed E-state index contributed by atoms with van der Waals surface area (Å²) in [4.78, 5) is 35.4. The molecule has 0 aliphatic heterocycles. The SMILES string of the molecule is Cc1nc(C)c(-c2ccc(OC3CCC(CC(=O)O)CC3)nc2)nc1C(N)=O. The Morgan fingerprint density at radius 1 is 1.14 bits per heavy atom. The Balaban J connectivity index is 1.67. The number of aryl methyl sites for hydroxylation is 2. The van der Waals surface area contributed by atoms with E-state index < -0.39 is 11.9 Å². The number of pyridine rings is 1. The molecule has 0 radical (unpaired) electrons. The molecule has 8 heteroatoms. The predicted octanol–water partition coefficient (Wildman–Crippen LogP) is 2.67. The fraction of sp³-hybridized carbons (Fsp3) is 0.450. The third-order valence-corrected chi connectivity index (χ3v) is 5.03. The molecule has 0 spiro atoms. The minimum atomic E-state index is -0.740. The molecule has 3 rings (SSSR count). The van der Waals surface area contributed by atoms with Crippen LogP contribution in [-0.2, 0) is 4.79 Å². The zero-order chi connectivity index (χ0) is 20.3. The molecule has 2 aromatic rings. The quantitative estimate of drug-likeness (QED) is 0.783. The first-order valence-corrected chi connectivity index (χ1v) is 9.33. The fourth-order valence-electron chi connectivity index (χ4n) is 3.60. The number of aliphatic carboxylic acids is 1. The Hall–Kier alpha value is -3.03. The van der Waals surface area contributed by atoms with Crippen molar-refractivity contribution in [3.05, 3.63) is 35.4 Å². The van der Waals surface area contributed by atoms with Crippen molar-refractivity contribution < 1.29 is 19.4 Å². The number of hydrogen-bond donors (Lipinski definition) is 2. The van der Waals surface area contributed by atoms with E-state index in [-0.39, 0.29) is 24.1 Å². The molecule has 3 N–H and O–H groups in total. The van der Waals surface area contributed by atoms with Crippen molar-refractivity contribution in [2.45, 2.75) is 52.1 Å². The van der Waals surface area contributed by atoms with Gasteiger partial charge in [0.2, 0.25) is 5.88 Å². The standard InChI is InChI=1S/C20H24N4O4/c1-11-18(24-19(20(21)27)12(2)23-11)14-5-8-16(22-10-14)28-15-6-3-13(4-7-15)9-17(25)26/h5,8,10,13,15H,3-4,6-7,9H2,1-2H3,(H2,21,27)(H,25,26). The van der Waals surface area contributed by atoms with Gasteiger partial charge < -0.3 is 15.6 Å². The van der Waals surface area contributed by atoms with E-state index in [2.05, 4.69) is 15.0 Å². The summed E-state index contributed by atoms with van der Waals surface area (Å²) in [6.07, 6.45) is 5.27. The van der Waals surface area contributed by atoms with Gasteiger partial charge in [-0.2, -0.15) is 0 Å². The number of carboxylic acids is 1. The molecule has 1 amide bonds. The topological polar surface area (TPSA) is 128 Å². The Morgan fingerprint density at radius 3 is 2.43 bits per heavy atom. The maximum absolute atomic E-state index is 11.5. The number of hydrogen-bond acceptors (Lipinski definition) is 6. The second kappa shape index (κ2) is 8.33. The van der Waals surface area contributed by atoms with Gasteiger partial charge in [0.05, 0.1) is 17.1 Å². The summed E-state index contributed by atoms with van der Waals surface area (Å²) >= 11 is 0. The van der Waals surface area contributed by atoms with Crippen molar-refractivity contribution in [3.63, 3.8) is 0 Å². The van der Waals surface area contributed by atoms with Crippen LogP contribution in [0.1, 0.15) is 54.0 Å². The summed E-state index contributed by atoms with van der Waals surface area (Å²) < 4.78 is 5.94. The van der Waals surface area contributed by atoms with Gasteiger partial charge >= 0.3 is 5.97 Å². The van der Waals surface area contributed by atoms with Gasteiger partial charge in [-0.3, -0.25) is 14.6 Å². The third-order valence-electron chi connectivity index (χ3n) is 5.03. The highest BCUT2D eigenvalue weighted by atomic mass is 16.5. The molecule has 0 atom stereocenters. The number of nitrogens with two attached hydrogens (primary N) is 1. The third kappa shape index (κ3) is 4.62. The van der Waals surface area contributed by atoms with Crippen LogP contribution in [0.5, 0.6) is 5.88 Å². The second-order valence-corrected chi connectivity index (χ2v) is 7.20. The summed E-state index contributed by atoms with van der Waals surface area (Å²) in [5.74, 6) is -0.609. The van der Waals surface area contributed by atoms with E-state index in [9.17, 15) is 9.59 Å². The second-order valence-electron chi connectivity index (χ2n) is 7.20. The van der Waals surface area contributed by atoms with Crippen LogP contribution in [0.3, 0.4) is 0 Å². The molecule has 1 aliphatic rings. The number of rotatable bonds is 6. The van der Waals surface area contributed by atoms with E-state index >= 15 is 0 Å². The van der Waals surface area contributed by atoms with Gasteiger partial charge in [0.25, 0.3) is 5.91 Å². The van der Waals surface area contributed by atoms with Gasteiger partial charge in [-0.1, -0.05) is 0 Å². The zero-order valence-electron chi connectivity index (χ0n) is 16.0. The number of amides is 1. The summed E-state index contributed by atoms with van der Waals surface area (Å²) in [5, 5.41) is 8.89. The van der Waals surface area contributed by atoms with Crippen LogP contribution >= 0.6 is 0 Å². The van der Waals surface area contributed by atoms with Crippen LogP contribution in [0.2, 0.25) is 0 Å². The van der Waals surface area contributed by atoms with E-state index in [1.54, 1.807) is 19.2 Å². The summed E-state index contributed by atoms with van der Waals surface area (Å²) in [6.45, 7) is 3.52. The van der Waals surface area contributed by atoms with Gasteiger partial charge in [-0.25, -0.2) is 9.97 Å². The maximum atomic E-state index is 11.5. The minimum Gasteiger partial charge on any atom is -0.481 e. The highest BCUT2D eigenvalue weighted by molar-refractivity contribution is 5.92. The average molecular weight is 384 g/mol. The molecule has 0 unspecified atom stereocenters. The Morgan fingerprint density at radius 2 is 1.86 bits per heavy atom. The van der Waals surface area contributed by atoms with Crippen molar-refractivity contribution >= 4 is 11.9 Å². The Kier molecular flexibility index (Phi) is 5.87. The van der Waals surface area contributed by atoms with Crippen LogP contribution < -0.4 is 10.5 Å². The molecular formula is C20H24N4O4.